The zero-order chi connectivity index (χ0) is 27.1. The SMILES string of the molecule is O=C(CCCNC(=S)NCCc1ccc2c(c1)OCO2)NC/C=C\COc1cc(CN2CCCCC2)ccn1. The summed E-state index contributed by atoms with van der Waals surface area (Å²) in [4.78, 5) is 18.9. The van der Waals surface area contributed by atoms with E-state index in [1.54, 1.807) is 6.20 Å². The number of piperidine rings is 1. The lowest BCUT2D eigenvalue weighted by molar-refractivity contribution is -0.120. The van der Waals surface area contributed by atoms with Crippen LogP contribution in [0.15, 0.2) is 48.7 Å². The third-order valence-corrected chi connectivity index (χ3v) is 6.86. The van der Waals surface area contributed by atoms with Crippen LogP contribution in [0.5, 0.6) is 17.4 Å². The summed E-state index contributed by atoms with van der Waals surface area (Å²) in [6.07, 6.45) is 11.4. The molecule has 10 heteroatoms. The Morgan fingerprint density at radius 1 is 1.00 bits per heavy atom. The first-order valence-electron chi connectivity index (χ1n) is 13.8. The molecule has 3 N–H and O–H groups in total. The van der Waals surface area contributed by atoms with E-state index in [1.807, 2.05) is 36.4 Å². The lowest BCUT2D eigenvalue weighted by Crippen LogP contribution is -2.37. The quantitative estimate of drug-likeness (QED) is 0.185. The van der Waals surface area contributed by atoms with E-state index in [9.17, 15) is 4.79 Å². The van der Waals surface area contributed by atoms with Gasteiger partial charge < -0.3 is 30.2 Å². The van der Waals surface area contributed by atoms with Gasteiger partial charge in [0, 0.05) is 44.9 Å². The molecule has 1 amide bonds. The van der Waals surface area contributed by atoms with E-state index in [0.717, 1.165) is 43.1 Å². The Morgan fingerprint density at radius 3 is 2.74 bits per heavy atom. The molecule has 2 aromatic rings. The molecule has 1 fully saturated rings. The highest BCUT2D eigenvalue weighted by molar-refractivity contribution is 7.80. The topological polar surface area (TPSA) is 97.0 Å². The first-order chi connectivity index (χ1) is 19.2. The Bertz CT molecular complexity index is 1110. The molecule has 39 heavy (non-hydrogen) atoms. The van der Waals surface area contributed by atoms with Crippen molar-refractivity contribution in [2.24, 2.45) is 0 Å². The van der Waals surface area contributed by atoms with Crippen LogP contribution in [0.25, 0.3) is 0 Å². The molecule has 2 aliphatic heterocycles. The number of carbonyl (C=O) groups excluding carboxylic acids is 1. The number of benzene rings is 1. The van der Waals surface area contributed by atoms with E-state index in [0.29, 0.717) is 50.1 Å². The van der Waals surface area contributed by atoms with Crippen molar-refractivity contribution in [2.75, 3.05) is 46.1 Å². The Kier molecular flexibility index (Phi) is 11.7. The number of aromatic nitrogens is 1. The molecule has 0 radical (unpaired) electrons. The van der Waals surface area contributed by atoms with Gasteiger partial charge in [0.05, 0.1) is 0 Å². The van der Waals surface area contributed by atoms with Crippen LogP contribution < -0.4 is 30.2 Å². The molecule has 0 bridgehead atoms. The number of likely N-dealkylation sites (tertiary alicyclic amines) is 1. The van der Waals surface area contributed by atoms with E-state index in [1.165, 1.54) is 24.8 Å². The minimum absolute atomic E-state index is 0.0103. The van der Waals surface area contributed by atoms with Gasteiger partial charge in [-0.1, -0.05) is 18.6 Å². The van der Waals surface area contributed by atoms with Crippen LogP contribution in [-0.4, -0.2) is 67.0 Å². The molecule has 0 saturated carbocycles. The third kappa shape index (κ3) is 10.4. The van der Waals surface area contributed by atoms with Gasteiger partial charge in [0.1, 0.15) is 6.61 Å². The van der Waals surface area contributed by atoms with Gasteiger partial charge in [-0.2, -0.15) is 0 Å². The Balaban J connectivity index is 0.993. The monoisotopic (exact) mass is 553 g/mol. The summed E-state index contributed by atoms with van der Waals surface area (Å²) in [5, 5.41) is 9.83. The standard InChI is InChI=1S/C29H39N5O4S/c35-27(7-6-13-32-29(39)33-15-10-23-8-9-25-26(19-23)38-22-37-25)30-12-2-5-18-36-28-20-24(11-14-31-28)21-34-16-3-1-4-17-34/h2,5,8-9,11,14,19-20H,1,3-4,6-7,10,12-13,15-18,21-22H2,(H,30,35)(H2,32,33,39)/b5-2-. The largest absolute Gasteiger partial charge is 0.473 e. The van der Waals surface area contributed by atoms with E-state index < -0.39 is 0 Å². The number of pyridine rings is 1. The molecular formula is C29H39N5O4S. The fourth-order valence-electron chi connectivity index (χ4n) is 4.48. The van der Waals surface area contributed by atoms with Crippen LogP contribution in [0.3, 0.4) is 0 Å². The average Bonchev–Trinajstić information content (AvgIpc) is 3.42. The summed E-state index contributed by atoms with van der Waals surface area (Å²) in [5.74, 6) is 2.22. The highest BCUT2D eigenvalue weighted by Crippen LogP contribution is 2.32. The maximum atomic E-state index is 12.1. The van der Waals surface area contributed by atoms with Crippen molar-refractivity contribution in [1.29, 1.82) is 0 Å². The molecule has 0 atom stereocenters. The third-order valence-electron chi connectivity index (χ3n) is 6.57. The van der Waals surface area contributed by atoms with Crippen molar-refractivity contribution in [3.05, 3.63) is 59.8 Å². The lowest BCUT2D eigenvalue weighted by Gasteiger charge is -2.26. The number of amides is 1. The number of nitrogens with one attached hydrogen (secondary N) is 3. The maximum Gasteiger partial charge on any atom is 0.231 e. The summed E-state index contributed by atoms with van der Waals surface area (Å²) in [6, 6.07) is 10.0. The summed E-state index contributed by atoms with van der Waals surface area (Å²) in [6.45, 7) is 5.79. The van der Waals surface area contributed by atoms with Crippen LogP contribution in [0.2, 0.25) is 0 Å². The highest BCUT2D eigenvalue weighted by atomic mass is 32.1. The lowest BCUT2D eigenvalue weighted by atomic mass is 10.1. The Labute approximate surface area is 236 Å². The normalized spacial score (nSPS) is 14.8. The fourth-order valence-corrected chi connectivity index (χ4v) is 4.68. The predicted molar refractivity (Wildman–Crippen MR) is 155 cm³/mol. The van der Waals surface area contributed by atoms with Crippen LogP contribution >= 0.6 is 12.2 Å². The smallest absolute Gasteiger partial charge is 0.231 e. The number of thiocarbonyl (C=S) groups is 1. The number of hydrogen-bond donors (Lipinski definition) is 3. The van der Waals surface area contributed by atoms with Gasteiger partial charge in [0.15, 0.2) is 16.6 Å². The minimum Gasteiger partial charge on any atom is -0.473 e. The summed E-state index contributed by atoms with van der Waals surface area (Å²) >= 11 is 5.32. The van der Waals surface area contributed by atoms with Crippen LogP contribution in [-0.2, 0) is 17.8 Å². The summed E-state index contributed by atoms with van der Waals surface area (Å²) in [5.41, 5.74) is 2.38. The van der Waals surface area contributed by atoms with Crippen molar-refractivity contribution < 1.29 is 19.0 Å². The van der Waals surface area contributed by atoms with Crippen LogP contribution in [0, 0.1) is 0 Å². The van der Waals surface area contributed by atoms with E-state index >= 15 is 0 Å². The number of ether oxygens (including phenoxy) is 3. The Hall–Kier alpha value is -3.37. The van der Waals surface area contributed by atoms with E-state index in [4.69, 9.17) is 26.4 Å². The molecule has 4 rings (SSSR count). The summed E-state index contributed by atoms with van der Waals surface area (Å²) in [7, 11) is 0. The van der Waals surface area contributed by atoms with Gasteiger partial charge in [-0.25, -0.2) is 4.98 Å². The zero-order valence-corrected chi connectivity index (χ0v) is 23.3. The van der Waals surface area contributed by atoms with Gasteiger partial charge in [-0.05, 0) is 86.4 Å². The van der Waals surface area contributed by atoms with Gasteiger partial charge in [0.25, 0.3) is 0 Å². The van der Waals surface area contributed by atoms with Gasteiger partial charge >= 0.3 is 0 Å². The molecule has 2 aliphatic rings. The first-order valence-corrected chi connectivity index (χ1v) is 14.2. The molecule has 0 spiro atoms. The highest BCUT2D eigenvalue weighted by Gasteiger charge is 2.13. The molecule has 210 valence electrons. The second kappa shape index (κ2) is 15.9. The fraction of sp³-hybridized carbons (Fsp3) is 0.483. The number of hydrogen-bond acceptors (Lipinski definition) is 7. The number of carbonyl (C=O) groups is 1. The number of rotatable bonds is 14. The summed E-state index contributed by atoms with van der Waals surface area (Å²) < 4.78 is 16.5. The molecule has 0 unspecified atom stereocenters. The second-order valence-electron chi connectivity index (χ2n) is 9.65. The number of fused-ring (bicyclic) bond motifs is 1. The molecule has 9 nitrogen and oxygen atoms in total. The van der Waals surface area contributed by atoms with Crippen molar-refractivity contribution >= 4 is 23.2 Å². The van der Waals surface area contributed by atoms with Gasteiger partial charge in [0.2, 0.25) is 18.6 Å². The molecular weight excluding hydrogens is 514 g/mol. The minimum atomic E-state index is 0.0103. The second-order valence-corrected chi connectivity index (χ2v) is 10.1. The predicted octanol–water partition coefficient (Wildman–Crippen LogP) is 3.33. The molecule has 0 aliphatic carbocycles. The molecule has 1 saturated heterocycles. The first kappa shape index (κ1) is 28.6. The molecule has 3 heterocycles. The Morgan fingerprint density at radius 2 is 1.85 bits per heavy atom. The zero-order valence-electron chi connectivity index (χ0n) is 22.5. The van der Waals surface area contributed by atoms with Crippen molar-refractivity contribution in [1.82, 2.24) is 25.8 Å². The van der Waals surface area contributed by atoms with Crippen LogP contribution in [0.1, 0.15) is 43.2 Å². The van der Waals surface area contributed by atoms with Crippen molar-refractivity contribution in [3.8, 4) is 17.4 Å². The number of nitrogens with zero attached hydrogens (tertiary/aromatic N) is 2. The van der Waals surface area contributed by atoms with Gasteiger partial charge in [-0.3, -0.25) is 9.69 Å². The molecule has 1 aromatic heterocycles. The molecule has 1 aromatic carbocycles. The van der Waals surface area contributed by atoms with E-state index in [2.05, 4.69) is 31.9 Å². The van der Waals surface area contributed by atoms with Crippen molar-refractivity contribution in [3.63, 3.8) is 0 Å². The van der Waals surface area contributed by atoms with E-state index in [-0.39, 0.29) is 12.7 Å². The van der Waals surface area contributed by atoms with Gasteiger partial charge in [-0.15, -0.1) is 0 Å². The van der Waals surface area contributed by atoms with Crippen molar-refractivity contribution in [2.45, 2.75) is 45.1 Å². The average molecular weight is 554 g/mol. The maximum absolute atomic E-state index is 12.1. The van der Waals surface area contributed by atoms with Crippen LogP contribution in [0.4, 0.5) is 0 Å².